The Bertz CT molecular complexity index is 348. The highest BCUT2D eigenvalue weighted by Crippen LogP contribution is 2.36. The summed E-state index contributed by atoms with van der Waals surface area (Å²) in [5.74, 6) is 2.18. The van der Waals surface area contributed by atoms with Crippen molar-refractivity contribution in [2.45, 2.75) is 38.7 Å². The molecule has 1 aromatic carbocycles. The van der Waals surface area contributed by atoms with Crippen molar-refractivity contribution in [3.63, 3.8) is 0 Å². The number of para-hydroxylation sites is 1. The number of hydrogen-bond acceptors (Lipinski definition) is 2. The van der Waals surface area contributed by atoms with Crippen molar-refractivity contribution in [2.24, 2.45) is 11.7 Å². The zero-order chi connectivity index (χ0) is 11.5. The van der Waals surface area contributed by atoms with Crippen LogP contribution in [0.2, 0.25) is 0 Å². The Morgan fingerprint density at radius 1 is 1.38 bits per heavy atom. The fraction of sp³-hybridized carbons (Fsp3) is 0.571. The number of rotatable bonds is 3. The van der Waals surface area contributed by atoms with E-state index in [2.05, 4.69) is 32.0 Å². The molecule has 0 spiro atoms. The lowest BCUT2D eigenvalue weighted by molar-refractivity contribution is 0.136. The van der Waals surface area contributed by atoms with E-state index in [-0.39, 0.29) is 0 Å². The van der Waals surface area contributed by atoms with E-state index >= 15 is 0 Å². The Labute approximate surface area is 97.8 Å². The summed E-state index contributed by atoms with van der Waals surface area (Å²) in [7, 11) is 0. The summed E-state index contributed by atoms with van der Waals surface area (Å²) in [6.07, 6.45) is 2.51. The van der Waals surface area contributed by atoms with Gasteiger partial charge in [-0.15, -0.1) is 0 Å². The Balaban J connectivity index is 2.18. The second kappa shape index (κ2) is 4.88. The zero-order valence-corrected chi connectivity index (χ0v) is 10.1. The molecule has 2 N–H and O–H groups in total. The number of fused-ring (bicyclic) bond motifs is 1. The molecule has 2 nitrogen and oxygen atoms in total. The third-order valence-electron chi connectivity index (χ3n) is 3.22. The van der Waals surface area contributed by atoms with Crippen molar-refractivity contribution in [1.82, 2.24) is 0 Å². The van der Waals surface area contributed by atoms with Gasteiger partial charge in [-0.3, -0.25) is 0 Å². The van der Waals surface area contributed by atoms with E-state index in [1.165, 1.54) is 5.56 Å². The van der Waals surface area contributed by atoms with Crippen LogP contribution in [-0.4, -0.2) is 12.6 Å². The molecule has 88 valence electrons. The van der Waals surface area contributed by atoms with Gasteiger partial charge in [0.1, 0.15) is 5.75 Å². The van der Waals surface area contributed by atoms with Crippen molar-refractivity contribution in [3.8, 4) is 5.75 Å². The molecule has 0 aromatic heterocycles. The van der Waals surface area contributed by atoms with Gasteiger partial charge in [-0.1, -0.05) is 32.0 Å². The second-order valence-corrected chi connectivity index (χ2v) is 5.08. The fourth-order valence-electron chi connectivity index (χ4n) is 2.49. The first kappa shape index (κ1) is 11.5. The standard InChI is InChI=1S/C14H21NO/c1-10(2)7-12-8-11(9-15)13-5-3-4-6-14(13)16-12/h3-6,10-12H,7-9,15H2,1-2H3. The molecule has 2 atom stereocenters. The molecular formula is C14H21NO. The van der Waals surface area contributed by atoms with Crippen LogP contribution in [0.3, 0.4) is 0 Å². The monoisotopic (exact) mass is 219 g/mol. The lowest BCUT2D eigenvalue weighted by Crippen LogP contribution is -2.30. The lowest BCUT2D eigenvalue weighted by atomic mass is 9.87. The molecule has 0 radical (unpaired) electrons. The molecule has 1 aromatic rings. The van der Waals surface area contributed by atoms with E-state index < -0.39 is 0 Å². The quantitative estimate of drug-likeness (QED) is 0.848. The van der Waals surface area contributed by atoms with Crippen molar-refractivity contribution in [3.05, 3.63) is 29.8 Å². The highest BCUT2D eigenvalue weighted by molar-refractivity contribution is 5.38. The minimum atomic E-state index is 0.337. The molecule has 1 heterocycles. The first-order chi connectivity index (χ1) is 7.70. The van der Waals surface area contributed by atoms with Gasteiger partial charge in [-0.2, -0.15) is 0 Å². The number of nitrogens with two attached hydrogens (primary N) is 1. The molecule has 0 aliphatic carbocycles. The van der Waals surface area contributed by atoms with Gasteiger partial charge in [0.2, 0.25) is 0 Å². The predicted molar refractivity (Wildman–Crippen MR) is 66.7 cm³/mol. The molecule has 0 saturated carbocycles. The van der Waals surface area contributed by atoms with Gasteiger partial charge in [0.15, 0.2) is 0 Å². The molecule has 2 rings (SSSR count). The van der Waals surface area contributed by atoms with Crippen LogP contribution in [0.5, 0.6) is 5.75 Å². The molecule has 2 unspecified atom stereocenters. The van der Waals surface area contributed by atoms with Crippen LogP contribution < -0.4 is 10.5 Å². The van der Waals surface area contributed by atoms with E-state index in [1.807, 2.05) is 6.07 Å². The highest BCUT2D eigenvalue weighted by atomic mass is 16.5. The molecular weight excluding hydrogens is 198 g/mol. The lowest BCUT2D eigenvalue weighted by Gasteiger charge is -2.32. The van der Waals surface area contributed by atoms with Crippen molar-refractivity contribution >= 4 is 0 Å². The molecule has 0 bridgehead atoms. The van der Waals surface area contributed by atoms with Crippen LogP contribution >= 0.6 is 0 Å². The first-order valence-corrected chi connectivity index (χ1v) is 6.16. The van der Waals surface area contributed by atoms with E-state index in [0.717, 1.165) is 25.1 Å². The van der Waals surface area contributed by atoms with Crippen molar-refractivity contribution < 1.29 is 4.74 Å². The summed E-state index contributed by atoms with van der Waals surface area (Å²) in [6, 6.07) is 8.29. The van der Waals surface area contributed by atoms with Gasteiger partial charge in [-0.25, -0.2) is 0 Å². The van der Waals surface area contributed by atoms with E-state index in [4.69, 9.17) is 10.5 Å². The Kier molecular flexibility index (Phi) is 3.49. The minimum Gasteiger partial charge on any atom is -0.490 e. The summed E-state index contributed by atoms with van der Waals surface area (Å²) in [5.41, 5.74) is 7.14. The van der Waals surface area contributed by atoms with Crippen LogP contribution in [0, 0.1) is 5.92 Å². The van der Waals surface area contributed by atoms with Gasteiger partial charge in [0, 0.05) is 5.92 Å². The Hall–Kier alpha value is -1.02. The Morgan fingerprint density at radius 3 is 2.81 bits per heavy atom. The topological polar surface area (TPSA) is 35.2 Å². The minimum absolute atomic E-state index is 0.337. The largest absolute Gasteiger partial charge is 0.490 e. The molecule has 0 amide bonds. The van der Waals surface area contributed by atoms with E-state index in [1.54, 1.807) is 0 Å². The summed E-state index contributed by atoms with van der Waals surface area (Å²) >= 11 is 0. The van der Waals surface area contributed by atoms with E-state index in [0.29, 0.717) is 17.9 Å². The van der Waals surface area contributed by atoms with Crippen LogP contribution in [0.15, 0.2) is 24.3 Å². The number of hydrogen-bond donors (Lipinski definition) is 1. The summed E-state index contributed by atoms with van der Waals surface area (Å²) in [6.45, 7) is 5.19. The van der Waals surface area contributed by atoms with Crippen molar-refractivity contribution in [1.29, 1.82) is 0 Å². The zero-order valence-electron chi connectivity index (χ0n) is 10.1. The van der Waals surface area contributed by atoms with Gasteiger partial charge < -0.3 is 10.5 Å². The summed E-state index contributed by atoms with van der Waals surface area (Å²) in [4.78, 5) is 0. The normalized spacial score (nSPS) is 24.0. The molecule has 0 saturated heterocycles. The van der Waals surface area contributed by atoms with Gasteiger partial charge in [0.25, 0.3) is 0 Å². The van der Waals surface area contributed by atoms with Gasteiger partial charge in [0.05, 0.1) is 6.10 Å². The molecule has 0 fully saturated rings. The maximum absolute atomic E-state index is 6.02. The SMILES string of the molecule is CC(C)CC1CC(CN)c2ccccc2O1. The summed E-state index contributed by atoms with van der Waals surface area (Å²) < 4.78 is 6.02. The van der Waals surface area contributed by atoms with Crippen LogP contribution in [0.25, 0.3) is 0 Å². The van der Waals surface area contributed by atoms with Crippen molar-refractivity contribution in [2.75, 3.05) is 6.54 Å². The molecule has 1 aliphatic rings. The van der Waals surface area contributed by atoms with E-state index in [9.17, 15) is 0 Å². The van der Waals surface area contributed by atoms with Crippen LogP contribution in [-0.2, 0) is 0 Å². The highest BCUT2D eigenvalue weighted by Gasteiger charge is 2.27. The first-order valence-electron chi connectivity index (χ1n) is 6.16. The smallest absolute Gasteiger partial charge is 0.123 e. The third-order valence-corrected chi connectivity index (χ3v) is 3.22. The van der Waals surface area contributed by atoms with Crippen LogP contribution in [0.4, 0.5) is 0 Å². The summed E-state index contributed by atoms with van der Waals surface area (Å²) in [5, 5.41) is 0. The number of ether oxygens (including phenoxy) is 1. The average molecular weight is 219 g/mol. The third kappa shape index (κ3) is 2.38. The van der Waals surface area contributed by atoms with Crippen LogP contribution in [0.1, 0.15) is 38.2 Å². The second-order valence-electron chi connectivity index (χ2n) is 5.08. The number of benzene rings is 1. The average Bonchev–Trinajstić information content (AvgIpc) is 2.27. The fourth-order valence-corrected chi connectivity index (χ4v) is 2.49. The predicted octanol–water partition coefficient (Wildman–Crippen LogP) is 2.93. The Morgan fingerprint density at radius 2 is 2.12 bits per heavy atom. The maximum Gasteiger partial charge on any atom is 0.123 e. The molecule has 1 aliphatic heterocycles. The van der Waals surface area contributed by atoms with Gasteiger partial charge >= 0.3 is 0 Å². The molecule has 2 heteroatoms. The van der Waals surface area contributed by atoms with Gasteiger partial charge in [-0.05, 0) is 36.9 Å². The molecule has 16 heavy (non-hydrogen) atoms. The maximum atomic E-state index is 6.02.